The SMILES string of the molecule is COc1ccc2nc3c(nc2c1)OC1C[C@@H](C(=O)N[C@]2(C(=O)NS(=O)(=O)C4CC4)C[C@H]2C(F)F)N(C1)C(=O)[C@H](C(C)(C)C)NC(=O)O[C@@H]1[C@H]2CC[C@H](C2)[C@H]1CCCCC3. The van der Waals surface area contributed by atoms with Crippen LogP contribution in [0.2, 0.25) is 0 Å². The Balaban J connectivity index is 1.14. The molecule has 0 spiro atoms. The lowest BCUT2D eigenvalue weighted by Crippen LogP contribution is -2.60. The number of ether oxygens (including phenoxy) is 3. The number of carbonyl (C=O) groups is 4. The normalized spacial score (nSPS) is 32.6. The molecule has 4 aliphatic carbocycles. The standard InChI is InChI=1S/C41H54F2N6O9S/c1-40(2,3)33-37(51)49-20-24(18-31(49)35(50)47-41(19-27(41)34(42)43)38(52)48-59(54,55)25-13-14-25)57-36-29(44-28-15-12-23(56-4)17-30(28)45-36)9-7-5-6-8-26-21-10-11-22(16-21)32(26)58-39(53)46-33/h12,15,17,21-22,24-27,31-34H,5-11,13-14,16,18-20H2,1-4H3,(H,46,53)(H,47,50)(H,48,52)/t21-,22+,24?,26-,27+,31+,32-,33-,41-/m1/s1. The van der Waals surface area contributed by atoms with E-state index in [0.717, 1.165) is 44.9 Å². The van der Waals surface area contributed by atoms with Crippen molar-refractivity contribution in [2.45, 2.75) is 139 Å². The first kappa shape index (κ1) is 41.4. The Hall–Kier alpha value is -4.35. The van der Waals surface area contributed by atoms with Crippen LogP contribution < -0.4 is 24.8 Å². The summed E-state index contributed by atoms with van der Waals surface area (Å²) in [7, 11) is -2.60. The molecule has 3 heterocycles. The van der Waals surface area contributed by atoms with Crippen molar-refractivity contribution in [3.63, 3.8) is 0 Å². The number of sulfonamides is 1. The van der Waals surface area contributed by atoms with E-state index < -0.39 is 87.0 Å². The molecule has 3 N–H and O–H groups in total. The Kier molecular flexibility index (Phi) is 10.9. The number of methoxy groups -OCH3 is 1. The topological polar surface area (TPSA) is 195 Å². The second-order valence-corrected chi connectivity index (χ2v) is 20.5. The van der Waals surface area contributed by atoms with Gasteiger partial charge < -0.3 is 29.7 Å². The van der Waals surface area contributed by atoms with Gasteiger partial charge in [0.05, 0.1) is 35.9 Å². The fourth-order valence-corrected chi connectivity index (χ4v) is 11.3. The number of nitrogens with zero attached hydrogens (tertiary/aromatic N) is 3. The molecule has 8 rings (SSSR count). The molecule has 18 heteroatoms. The summed E-state index contributed by atoms with van der Waals surface area (Å²) in [6.45, 7) is 5.14. The third kappa shape index (κ3) is 8.26. The van der Waals surface area contributed by atoms with Gasteiger partial charge in [0.1, 0.15) is 41.3 Å². The van der Waals surface area contributed by atoms with Crippen LogP contribution in [0.1, 0.15) is 97.1 Å². The minimum Gasteiger partial charge on any atom is -0.497 e. The van der Waals surface area contributed by atoms with E-state index >= 15 is 0 Å². The van der Waals surface area contributed by atoms with Gasteiger partial charge in [-0.2, -0.15) is 0 Å². The summed E-state index contributed by atoms with van der Waals surface area (Å²) in [5.74, 6) is -2.79. The van der Waals surface area contributed by atoms with Gasteiger partial charge in [-0.15, -0.1) is 0 Å². The van der Waals surface area contributed by atoms with Crippen molar-refractivity contribution in [3.05, 3.63) is 23.9 Å². The van der Waals surface area contributed by atoms with Crippen molar-refractivity contribution < 1.29 is 50.6 Å². The lowest BCUT2D eigenvalue weighted by atomic mass is 9.82. The highest BCUT2D eigenvalue weighted by Crippen LogP contribution is 2.52. The zero-order valence-electron chi connectivity index (χ0n) is 33.9. The lowest BCUT2D eigenvalue weighted by molar-refractivity contribution is -0.143. The van der Waals surface area contributed by atoms with E-state index in [9.17, 15) is 36.4 Å². The molecule has 0 radical (unpaired) electrons. The van der Waals surface area contributed by atoms with Crippen LogP contribution in [-0.2, 0) is 35.6 Å². The van der Waals surface area contributed by atoms with Gasteiger partial charge in [-0.1, -0.05) is 33.6 Å². The molecule has 1 unspecified atom stereocenters. The fraction of sp³-hybridized carbons (Fsp3) is 0.707. The number of halogens is 2. The van der Waals surface area contributed by atoms with Crippen LogP contribution in [0.4, 0.5) is 13.6 Å². The molecular formula is C41H54F2N6O9S. The van der Waals surface area contributed by atoms with Crippen molar-refractivity contribution in [3.8, 4) is 11.6 Å². The average molecular weight is 845 g/mol. The Morgan fingerprint density at radius 1 is 1.00 bits per heavy atom. The maximum atomic E-state index is 14.8. The maximum Gasteiger partial charge on any atom is 0.408 e. The molecule has 4 amide bonds. The molecule has 322 valence electrons. The molecule has 2 aliphatic heterocycles. The van der Waals surface area contributed by atoms with Crippen LogP contribution in [0.15, 0.2) is 18.2 Å². The summed E-state index contributed by atoms with van der Waals surface area (Å²) in [5.41, 5.74) is -1.38. The van der Waals surface area contributed by atoms with E-state index in [1.165, 1.54) is 12.0 Å². The van der Waals surface area contributed by atoms with E-state index in [1.807, 2.05) is 10.8 Å². The quantitative estimate of drug-likeness (QED) is 0.358. The molecular weight excluding hydrogens is 791 g/mol. The first-order valence-corrected chi connectivity index (χ1v) is 22.5. The fourth-order valence-electron chi connectivity index (χ4n) is 9.89. The second-order valence-electron chi connectivity index (χ2n) is 18.5. The van der Waals surface area contributed by atoms with Crippen LogP contribution in [0.5, 0.6) is 11.6 Å². The predicted octanol–water partition coefficient (Wildman–Crippen LogP) is 4.41. The van der Waals surface area contributed by atoms with Crippen LogP contribution in [0.3, 0.4) is 0 Å². The Morgan fingerprint density at radius 2 is 1.76 bits per heavy atom. The van der Waals surface area contributed by atoms with E-state index in [4.69, 9.17) is 24.2 Å². The van der Waals surface area contributed by atoms with Crippen LogP contribution >= 0.6 is 0 Å². The summed E-state index contributed by atoms with van der Waals surface area (Å²) in [4.78, 5) is 67.4. The zero-order chi connectivity index (χ0) is 42.0. The third-order valence-electron chi connectivity index (χ3n) is 13.4. The number of amides is 4. The largest absolute Gasteiger partial charge is 0.497 e. The molecule has 4 saturated carbocycles. The summed E-state index contributed by atoms with van der Waals surface area (Å²) < 4.78 is 74.0. The molecule has 1 aromatic carbocycles. The number of nitrogens with one attached hydrogen (secondary N) is 3. The highest BCUT2D eigenvalue weighted by atomic mass is 32.2. The number of alkyl halides is 2. The molecule has 6 aliphatic rings. The van der Waals surface area contributed by atoms with Gasteiger partial charge in [-0.3, -0.25) is 19.1 Å². The number of rotatable bonds is 7. The molecule has 4 bridgehead atoms. The van der Waals surface area contributed by atoms with Gasteiger partial charge in [-0.05, 0) is 93.1 Å². The Labute approximate surface area is 342 Å². The molecule has 15 nitrogen and oxygen atoms in total. The van der Waals surface area contributed by atoms with E-state index in [-0.39, 0.29) is 36.8 Å². The van der Waals surface area contributed by atoms with Crippen LogP contribution in [-0.4, -0.2) is 102 Å². The van der Waals surface area contributed by atoms with Gasteiger partial charge in [-0.25, -0.2) is 32.0 Å². The Bertz CT molecular complexity index is 2120. The number of carbonyl (C=O) groups excluding carboxylic acids is 4. The zero-order valence-corrected chi connectivity index (χ0v) is 34.7. The average Bonchev–Trinajstić information content (AvgIpc) is 4.04. The van der Waals surface area contributed by atoms with Gasteiger partial charge in [0.25, 0.3) is 5.91 Å². The van der Waals surface area contributed by atoms with Crippen LogP contribution in [0, 0.1) is 29.1 Å². The lowest BCUT2D eigenvalue weighted by Gasteiger charge is -2.36. The highest BCUT2D eigenvalue weighted by molar-refractivity contribution is 7.91. The molecule has 1 aromatic heterocycles. The van der Waals surface area contributed by atoms with Crippen molar-refractivity contribution in [1.82, 2.24) is 30.2 Å². The molecule has 1 saturated heterocycles. The number of hydrogen-bond donors (Lipinski definition) is 3. The van der Waals surface area contributed by atoms with Crippen molar-refractivity contribution in [2.24, 2.45) is 29.1 Å². The number of alkyl carbamates (subject to hydrolysis) is 1. The summed E-state index contributed by atoms with van der Waals surface area (Å²) in [5, 5.41) is 4.48. The summed E-state index contributed by atoms with van der Waals surface area (Å²) >= 11 is 0. The third-order valence-corrected chi connectivity index (χ3v) is 15.2. The maximum absolute atomic E-state index is 14.8. The minimum absolute atomic E-state index is 0.139. The predicted molar refractivity (Wildman–Crippen MR) is 209 cm³/mol. The van der Waals surface area contributed by atoms with Gasteiger partial charge in [0.2, 0.25) is 34.1 Å². The first-order valence-electron chi connectivity index (χ1n) is 20.9. The summed E-state index contributed by atoms with van der Waals surface area (Å²) in [6.07, 6.45) is 2.20. The molecule has 5 fully saturated rings. The van der Waals surface area contributed by atoms with E-state index in [0.29, 0.717) is 47.7 Å². The number of aromatic nitrogens is 2. The second kappa shape index (κ2) is 15.6. The summed E-state index contributed by atoms with van der Waals surface area (Å²) in [6, 6.07) is 2.77. The number of benzene rings is 1. The van der Waals surface area contributed by atoms with Crippen molar-refractivity contribution >= 4 is 44.9 Å². The molecule has 59 heavy (non-hydrogen) atoms. The van der Waals surface area contributed by atoms with Crippen molar-refractivity contribution in [1.29, 1.82) is 0 Å². The number of hydrogen-bond acceptors (Lipinski definition) is 11. The van der Waals surface area contributed by atoms with Crippen LogP contribution in [0.25, 0.3) is 11.0 Å². The monoisotopic (exact) mass is 844 g/mol. The van der Waals surface area contributed by atoms with E-state index in [2.05, 4.69) is 10.6 Å². The number of fused-ring (bicyclic) bond motifs is 9. The minimum atomic E-state index is -4.14. The Morgan fingerprint density at radius 3 is 2.46 bits per heavy atom. The van der Waals surface area contributed by atoms with Crippen molar-refractivity contribution in [2.75, 3.05) is 13.7 Å². The smallest absolute Gasteiger partial charge is 0.408 e. The molecule has 2 aromatic rings. The molecule has 9 atom stereocenters. The van der Waals surface area contributed by atoms with Gasteiger partial charge in [0, 0.05) is 12.5 Å². The first-order chi connectivity index (χ1) is 28.0. The number of aryl methyl sites for hydroxylation is 1. The van der Waals surface area contributed by atoms with E-state index in [1.54, 1.807) is 32.9 Å². The highest BCUT2D eigenvalue weighted by Gasteiger charge is 2.67. The van der Waals surface area contributed by atoms with Gasteiger partial charge in [0.15, 0.2) is 0 Å². The van der Waals surface area contributed by atoms with Gasteiger partial charge >= 0.3 is 6.09 Å².